The molecule has 5 nitrogen and oxygen atoms in total. The average Bonchev–Trinajstić information content (AvgIpc) is 3.11. The molecule has 0 unspecified atom stereocenters. The molecular weight excluding hydrogens is 264 g/mol. The van der Waals surface area contributed by atoms with Gasteiger partial charge in [-0.05, 0) is 52.0 Å². The van der Waals surface area contributed by atoms with Crippen molar-refractivity contribution in [1.29, 1.82) is 0 Å². The topological polar surface area (TPSA) is 61.0 Å². The maximum Gasteiger partial charge on any atom is 0.221 e. The molecule has 2 heterocycles. The van der Waals surface area contributed by atoms with Crippen LogP contribution in [0.5, 0.6) is 0 Å². The Labute approximate surface area is 126 Å². The number of nitrogens with zero attached hydrogens (tertiary/aromatic N) is 2. The van der Waals surface area contributed by atoms with E-state index in [1.807, 2.05) is 6.92 Å². The number of aryl methyl sites for hydroxylation is 2. The fourth-order valence-electron chi connectivity index (χ4n) is 3.57. The van der Waals surface area contributed by atoms with Gasteiger partial charge in [-0.25, -0.2) is 4.98 Å². The van der Waals surface area contributed by atoms with Crippen LogP contribution in [0.25, 0.3) is 0 Å². The second-order valence-corrected chi connectivity index (χ2v) is 6.15. The lowest BCUT2D eigenvalue weighted by atomic mass is 10.0. The summed E-state index contributed by atoms with van der Waals surface area (Å²) in [6.45, 7) is 4.59. The number of aromatic amines is 1. The van der Waals surface area contributed by atoms with E-state index in [2.05, 4.69) is 15.2 Å². The van der Waals surface area contributed by atoms with Crippen molar-refractivity contribution in [2.45, 2.75) is 57.9 Å². The maximum atomic E-state index is 11.6. The van der Waals surface area contributed by atoms with Gasteiger partial charge in [0.15, 0.2) is 0 Å². The molecule has 21 heavy (non-hydrogen) atoms. The van der Waals surface area contributed by atoms with Gasteiger partial charge in [0.25, 0.3) is 0 Å². The Kier molecular flexibility index (Phi) is 4.58. The van der Waals surface area contributed by atoms with Crippen LogP contribution < -0.4 is 5.32 Å². The summed E-state index contributed by atoms with van der Waals surface area (Å²) in [5.41, 5.74) is 2.64. The molecule has 0 radical (unpaired) electrons. The van der Waals surface area contributed by atoms with E-state index in [4.69, 9.17) is 4.98 Å². The van der Waals surface area contributed by atoms with Gasteiger partial charge in [-0.2, -0.15) is 0 Å². The zero-order valence-electron chi connectivity index (χ0n) is 13.0. The Hall–Kier alpha value is -1.36. The molecule has 2 N–H and O–H groups in total. The van der Waals surface area contributed by atoms with Crippen molar-refractivity contribution in [2.24, 2.45) is 0 Å². The Morgan fingerprint density at radius 2 is 2.24 bits per heavy atom. The Morgan fingerprint density at radius 1 is 1.38 bits per heavy atom. The Bertz CT molecular complexity index is 473. The normalized spacial score (nSPS) is 22.2. The Balaban J connectivity index is 1.63. The molecule has 3 rings (SSSR count). The van der Waals surface area contributed by atoms with Crippen molar-refractivity contribution in [1.82, 2.24) is 20.2 Å². The molecule has 1 atom stereocenters. The number of carbonyl (C=O) groups is 1. The zero-order chi connectivity index (χ0) is 14.7. The predicted octanol–water partition coefficient (Wildman–Crippen LogP) is 1.95. The van der Waals surface area contributed by atoms with Crippen LogP contribution in [0.3, 0.4) is 0 Å². The van der Waals surface area contributed by atoms with Crippen LogP contribution >= 0.6 is 0 Å². The second kappa shape index (κ2) is 6.60. The van der Waals surface area contributed by atoms with Crippen molar-refractivity contribution in [3.05, 3.63) is 17.2 Å². The summed E-state index contributed by atoms with van der Waals surface area (Å²) in [4.78, 5) is 22.5. The van der Waals surface area contributed by atoms with Gasteiger partial charge in [0.1, 0.15) is 5.82 Å². The monoisotopic (exact) mass is 290 g/mol. The number of hydrogen-bond donors (Lipinski definition) is 2. The number of carbonyl (C=O) groups excluding carboxylic acids is 1. The number of likely N-dealkylation sites (tertiary alicyclic amines) is 1. The molecule has 1 saturated heterocycles. The third-order valence-corrected chi connectivity index (χ3v) is 4.65. The van der Waals surface area contributed by atoms with Crippen molar-refractivity contribution >= 4 is 5.91 Å². The van der Waals surface area contributed by atoms with Crippen molar-refractivity contribution < 1.29 is 4.79 Å². The predicted molar refractivity (Wildman–Crippen MR) is 82.1 cm³/mol. The average molecular weight is 290 g/mol. The molecule has 1 aromatic heterocycles. The number of nitrogens with one attached hydrogen (secondary N) is 2. The fraction of sp³-hybridized carbons (Fsp3) is 0.750. The highest BCUT2D eigenvalue weighted by Gasteiger charge is 2.29. The van der Waals surface area contributed by atoms with E-state index in [1.165, 1.54) is 30.7 Å². The molecule has 1 aliphatic heterocycles. The minimum Gasteiger partial charge on any atom is -0.356 e. The molecule has 0 spiro atoms. The van der Waals surface area contributed by atoms with Crippen LogP contribution in [0.1, 0.15) is 62.3 Å². The standard InChI is InChI=1S/C16H26N4O/c1-2-17-15(21)9-11-20-10-5-8-14(20)16-18-12-6-3-4-7-13(12)19-16/h14H,2-11H2,1H3,(H,17,21)(H,18,19)/t14-/m0/s1. The van der Waals surface area contributed by atoms with Crippen molar-refractivity contribution in [2.75, 3.05) is 19.6 Å². The van der Waals surface area contributed by atoms with E-state index >= 15 is 0 Å². The summed E-state index contributed by atoms with van der Waals surface area (Å²) in [6, 6.07) is 0.380. The molecule has 1 aromatic rings. The highest BCUT2D eigenvalue weighted by molar-refractivity contribution is 5.75. The van der Waals surface area contributed by atoms with E-state index in [-0.39, 0.29) is 5.91 Å². The maximum absolute atomic E-state index is 11.6. The number of imidazole rings is 1. The summed E-state index contributed by atoms with van der Waals surface area (Å²) in [5, 5.41) is 2.87. The number of fused-ring (bicyclic) bond motifs is 1. The number of aromatic nitrogens is 2. The molecular formula is C16H26N4O. The second-order valence-electron chi connectivity index (χ2n) is 6.15. The van der Waals surface area contributed by atoms with Crippen LogP contribution in [-0.2, 0) is 17.6 Å². The quantitative estimate of drug-likeness (QED) is 0.871. The molecule has 0 saturated carbocycles. The van der Waals surface area contributed by atoms with E-state index in [1.54, 1.807) is 0 Å². The molecule has 1 fully saturated rings. The largest absolute Gasteiger partial charge is 0.356 e. The van der Waals surface area contributed by atoms with E-state index < -0.39 is 0 Å². The summed E-state index contributed by atoms with van der Waals surface area (Å²) in [6.07, 6.45) is 7.76. The first-order valence-electron chi connectivity index (χ1n) is 8.36. The first kappa shape index (κ1) is 14.6. The van der Waals surface area contributed by atoms with Crippen molar-refractivity contribution in [3.8, 4) is 0 Å². The lowest BCUT2D eigenvalue weighted by Crippen LogP contribution is -2.31. The summed E-state index contributed by atoms with van der Waals surface area (Å²) >= 11 is 0. The number of amides is 1. The van der Waals surface area contributed by atoms with Gasteiger partial charge in [-0.15, -0.1) is 0 Å². The van der Waals surface area contributed by atoms with Crippen LogP contribution in [0, 0.1) is 0 Å². The SMILES string of the molecule is CCNC(=O)CCN1CCC[C@H]1c1nc2c([nH]1)CCCC2. The summed E-state index contributed by atoms with van der Waals surface area (Å²) < 4.78 is 0. The minimum atomic E-state index is 0.155. The fourth-order valence-corrected chi connectivity index (χ4v) is 3.57. The lowest BCUT2D eigenvalue weighted by molar-refractivity contribution is -0.121. The zero-order valence-corrected chi connectivity index (χ0v) is 13.0. The molecule has 0 aromatic carbocycles. The van der Waals surface area contributed by atoms with Gasteiger partial charge in [0, 0.05) is 25.2 Å². The highest BCUT2D eigenvalue weighted by Crippen LogP contribution is 2.32. The first-order valence-corrected chi connectivity index (χ1v) is 8.36. The van der Waals surface area contributed by atoms with E-state index in [0.717, 1.165) is 38.2 Å². The van der Waals surface area contributed by atoms with Gasteiger partial charge >= 0.3 is 0 Å². The minimum absolute atomic E-state index is 0.155. The van der Waals surface area contributed by atoms with E-state index in [0.29, 0.717) is 19.0 Å². The lowest BCUT2D eigenvalue weighted by Gasteiger charge is -2.22. The molecule has 2 aliphatic rings. The third-order valence-electron chi connectivity index (χ3n) is 4.65. The van der Waals surface area contributed by atoms with Crippen LogP contribution in [0.2, 0.25) is 0 Å². The van der Waals surface area contributed by atoms with Crippen LogP contribution in [0.4, 0.5) is 0 Å². The van der Waals surface area contributed by atoms with Crippen LogP contribution in [0.15, 0.2) is 0 Å². The smallest absolute Gasteiger partial charge is 0.221 e. The van der Waals surface area contributed by atoms with Gasteiger partial charge in [-0.3, -0.25) is 9.69 Å². The highest BCUT2D eigenvalue weighted by atomic mass is 16.1. The van der Waals surface area contributed by atoms with Gasteiger partial charge in [0.2, 0.25) is 5.91 Å². The number of H-pyrrole nitrogens is 1. The van der Waals surface area contributed by atoms with Crippen LogP contribution in [-0.4, -0.2) is 40.4 Å². The molecule has 0 bridgehead atoms. The van der Waals surface area contributed by atoms with E-state index in [9.17, 15) is 4.79 Å². The Morgan fingerprint density at radius 3 is 3.05 bits per heavy atom. The summed E-state index contributed by atoms with van der Waals surface area (Å²) in [5.74, 6) is 1.29. The van der Waals surface area contributed by atoms with Gasteiger partial charge < -0.3 is 10.3 Å². The molecule has 1 amide bonds. The molecule has 116 valence electrons. The van der Waals surface area contributed by atoms with Gasteiger partial charge in [-0.1, -0.05) is 0 Å². The first-order chi connectivity index (χ1) is 10.3. The van der Waals surface area contributed by atoms with Gasteiger partial charge in [0.05, 0.1) is 11.7 Å². The number of hydrogen-bond acceptors (Lipinski definition) is 3. The van der Waals surface area contributed by atoms with Crippen molar-refractivity contribution in [3.63, 3.8) is 0 Å². The summed E-state index contributed by atoms with van der Waals surface area (Å²) in [7, 11) is 0. The number of rotatable bonds is 5. The molecule has 5 heteroatoms. The third kappa shape index (κ3) is 3.28. The molecule has 1 aliphatic carbocycles.